The number of rotatable bonds is 4. The zero-order valence-electron chi connectivity index (χ0n) is 11.9. The van der Waals surface area contributed by atoms with Gasteiger partial charge < -0.3 is 5.73 Å². The molecule has 2 nitrogen and oxygen atoms in total. The molecule has 0 saturated carbocycles. The van der Waals surface area contributed by atoms with E-state index in [0.717, 1.165) is 21.5 Å². The second-order valence-electron chi connectivity index (χ2n) is 5.58. The summed E-state index contributed by atoms with van der Waals surface area (Å²) in [5.74, 6) is 0.855. The van der Waals surface area contributed by atoms with Gasteiger partial charge >= 0.3 is 0 Å². The number of nitrogens with zero attached hydrogens (tertiary/aromatic N) is 1. The van der Waals surface area contributed by atoms with Crippen LogP contribution in [0, 0.1) is 0 Å². The fraction of sp³-hybridized carbons (Fsp3) is 0.400. The Kier molecular flexibility index (Phi) is 5.13. The third kappa shape index (κ3) is 3.98. The van der Waals surface area contributed by atoms with Crippen molar-refractivity contribution in [2.75, 3.05) is 0 Å². The fourth-order valence-corrected chi connectivity index (χ4v) is 4.25. The Morgan fingerprint density at radius 2 is 2.10 bits per heavy atom. The molecule has 1 aromatic carbocycles. The third-order valence-corrected chi connectivity index (χ3v) is 5.30. The molecule has 0 aliphatic heterocycles. The maximum Gasteiger partial charge on any atom is 0.103 e. The van der Waals surface area contributed by atoms with Crippen molar-refractivity contribution in [3.63, 3.8) is 0 Å². The van der Waals surface area contributed by atoms with Gasteiger partial charge in [-0.2, -0.15) is 0 Å². The minimum atomic E-state index is 0.0458. The van der Waals surface area contributed by atoms with E-state index >= 15 is 0 Å². The average Bonchev–Trinajstić information content (AvgIpc) is 2.80. The molecule has 0 saturated heterocycles. The van der Waals surface area contributed by atoms with Crippen LogP contribution in [0.25, 0.3) is 0 Å². The summed E-state index contributed by atoms with van der Waals surface area (Å²) in [6, 6.07) is 7.91. The Morgan fingerprint density at radius 1 is 1.35 bits per heavy atom. The highest BCUT2D eigenvalue weighted by Gasteiger charge is 2.22. The van der Waals surface area contributed by atoms with Crippen LogP contribution in [0.2, 0.25) is 5.02 Å². The first-order valence-corrected chi connectivity index (χ1v) is 8.65. The predicted octanol–water partition coefficient (Wildman–Crippen LogP) is 4.85. The van der Waals surface area contributed by atoms with Gasteiger partial charge in [-0.3, -0.25) is 0 Å². The van der Waals surface area contributed by atoms with Crippen molar-refractivity contribution in [1.82, 2.24) is 4.98 Å². The van der Waals surface area contributed by atoms with Crippen molar-refractivity contribution in [2.24, 2.45) is 5.73 Å². The van der Waals surface area contributed by atoms with Gasteiger partial charge in [0.15, 0.2) is 0 Å². The van der Waals surface area contributed by atoms with Gasteiger partial charge in [0, 0.05) is 26.8 Å². The van der Waals surface area contributed by atoms with Gasteiger partial charge in [0.05, 0.1) is 11.4 Å². The maximum absolute atomic E-state index is 6.00. The molecule has 0 amide bonds. The summed E-state index contributed by atoms with van der Waals surface area (Å²) in [6.45, 7) is 7.09. The quantitative estimate of drug-likeness (QED) is 0.817. The van der Waals surface area contributed by atoms with Gasteiger partial charge in [0.1, 0.15) is 5.01 Å². The number of aromatic nitrogens is 1. The molecule has 0 aliphatic carbocycles. The summed E-state index contributed by atoms with van der Waals surface area (Å²) in [4.78, 5) is 7.13. The van der Waals surface area contributed by atoms with Crippen LogP contribution in [0.4, 0.5) is 0 Å². The zero-order valence-corrected chi connectivity index (χ0v) is 14.3. The molecule has 0 unspecified atom stereocenters. The summed E-state index contributed by atoms with van der Waals surface area (Å²) in [5.41, 5.74) is 7.01. The van der Waals surface area contributed by atoms with E-state index in [4.69, 9.17) is 22.3 Å². The Morgan fingerprint density at radius 3 is 2.65 bits per heavy atom. The number of thioether (sulfide) groups is 1. The number of hydrogen-bond acceptors (Lipinski definition) is 4. The number of halogens is 1. The third-order valence-electron chi connectivity index (χ3n) is 2.80. The Bertz CT molecular complexity index is 588. The normalized spacial score (nSPS) is 11.8. The standard InChI is InChI=1S/C15H19ClN2S2/c1-15(2,3)14-12(8-17)20-13(18-14)9-19-11-6-4-5-10(16)7-11/h4-7H,8-9,17H2,1-3H3. The van der Waals surface area contributed by atoms with Gasteiger partial charge in [0.2, 0.25) is 0 Å². The second kappa shape index (κ2) is 6.48. The van der Waals surface area contributed by atoms with Crippen LogP contribution in [0.15, 0.2) is 29.2 Å². The minimum absolute atomic E-state index is 0.0458. The topological polar surface area (TPSA) is 38.9 Å². The lowest BCUT2D eigenvalue weighted by Crippen LogP contribution is -2.15. The number of thiazole rings is 1. The first kappa shape index (κ1) is 15.8. The molecule has 0 atom stereocenters. The lowest BCUT2D eigenvalue weighted by molar-refractivity contribution is 0.565. The van der Waals surface area contributed by atoms with Crippen LogP contribution < -0.4 is 5.73 Å². The molecule has 0 spiro atoms. The first-order chi connectivity index (χ1) is 9.40. The van der Waals surface area contributed by atoms with Crippen molar-refractivity contribution in [1.29, 1.82) is 0 Å². The van der Waals surface area contributed by atoms with Gasteiger partial charge in [-0.05, 0) is 18.2 Å². The Labute approximate surface area is 133 Å². The van der Waals surface area contributed by atoms with E-state index in [9.17, 15) is 0 Å². The molecule has 108 valence electrons. The molecular formula is C15H19ClN2S2. The maximum atomic E-state index is 6.00. The number of hydrogen-bond donors (Lipinski definition) is 1. The lowest BCUT2D eigenvalue weighted by atomic mass is 9.91. The van der Waals surface area contributed by atoms with Gasteiger partial charge in [-0.25, -0.2) is 4.98 Å². The van der Waals surface area contributed by atoms with Crippen LogP contribution in [-0.2, 0) is 17.7 Å². The second-order valence-corrected chi connectivity index (χ2v) is 8.23. The number of benzene rings is 1. The van der Waals surface area contributed by atoms with Crippen LogP contribution >= 0.6 is 34.7 Å². The molecule has 2 rings (SSSR count). The molecule has 1 heterocycles. The SMILES string of the molecule is CC(C)(C)c1nc(CSc2cccc(Cl)c2)sc1CN. The van der Waals surface area contributed by atoms with Crippen LogP contribution in [0.1, 0.15) is 36.3 Å². The van der Waals surface area contributed by atoms with Gasteiger partial charge in [-0.1, -0.05) is 38.4 Å². The van der Waals surface area contributed by atoms with Crippen molar-refractivity contribution in [3.05, 3.63) is 44.9 Å². The van der Waals surface area contributed by atoms with Crippen LogP contribution in [0.3, 0.4) is 0 Å². The van der Waals surface area contributed by atoms with E-state index in [2.05, 4.69) is 26.8 Å². The van der Waals surface area contributed by atoms with E-state index in [1.807, 2.05) is 18.2 Å². The summed E-state index contributed by atoms with van der Waals surface area (Å²) < 4.78 is 0. The van der Waals surface area contributed by atoms with E-state index in [0.29, 0.717) is 6.54 Å². The molecule has 0 fully saturated rings. The molecule has 20 heavy (non-hydrogen) atoms. The smallest absolute Gasteiger partial charge is 0.103 e. The molecule has 2 aromatic rings. The monoisotopic (exact) mass is 326 g/mol. The van der Waals surface area contributed by atoms with E-state index < -0.39 is 0 Å². The fourth-order valence-electron chi connectivity index (χ4n) is 1.89. The highest BCUT2D eigenvalue weighted by molar-refractivity contribution is 7.98. The molecule has 0 bridgehead atoms. The summed E-state index contributed by atoms with van der Waals surface area (Å²) in [5, 5.41) is 1.90. The molecule has 5 heteroatoms. The summed E-state index contributed by atoms with van der Waals surface area (Å²) in [7, 11) is 0. The van der Waals surface area contributed by atoms with Gasteiger partial charge in [0.25, 0.3) is 0 Å². The first-order valence-electron chi connectivity index (χ1n) is 6.47. The highest BCUT2D eigenvalue weighted by atomic mass is 35.5. The largest absolute Gasteiger partial charge is 0.326 e. The van der Waals surface area contributed by atoms with Crippen molar-refractivity contribution >= 4 is 34.7 Å². The van der Waals surface area contributed by atoms with E-state index in [1.54, 1.807) is 23.1 Å². The predicted molar refractivity (Wildman–Crippen MR) is 89.7 cm³/mol. The molecule has 1 aromatic heterocycles. The van der Waals surface area contributed by atoms with Crippen LogP contribution in [-0.4, -0.2) is 4.98 Å². The van der Waals surface area contributed by atoms with E-state index in [1.165, 1.54) is 9.77 Å². The average molecular weight is 327 g/mol. The molecular weight excluding hydrogens is 308 g/mol. The molecule has 0 aliphatic rings. The lowest BCUT2D eigenvalue weighted by Gasteiger charge is -2.16. The van der Waals surface area contributed by atoms with Gasteiger partial charge in [-0.15, -0.1) is 23.1 Å². The van der Waals surface area contributed by atoms with E-state index in [-0.39, 0.29) is 5.41 Å². The highest BCUT2D eigenvalue weighted by Crippen LogP contribution is 2.32. The van der Waals surface area contributed by atoms with Crippen LogP contribution in [0.5, 0.6) is 0 Å². The Balaban J connectivity index is 2.12. The summed E-state index contributed by atoms with van der Waals surface area (Å²) >= 11 is 9.47. The molecule has 2 N–H and O–H groups in total. The molecule has 0 radical (unpaired) electrons. The number of nitrogens with two attached hydrogens (primary N) is 1. The van der Waals surface area contributed by atoms with Crippen molar-refractivity contribution in [3.8, 4) is 0 Å². The van der Waals surface area contributed by atoms with Crippen molar-refractivity contribution in [2.45, 2.75) is 43.4 Å². The minimum Gasteiger partial charge on any atom is -0.326 e. The Hall–Kier alpha value is -0.550. The zero-order chi connectivity index (χ0) is 14.8. The summed E-state index contributed by atoms with van der Waals surface area (Å²) in [6.07, 6.45) is 0. The van der Waals surface area contributed by atoms with Crippen molar-refractivity contribution < 1.29 is 0 Å².